The molecule has 0 aliphatic carbocycles. The molecule has 2 heterocycles. The minimum Gasteiger partial charge on any atom is -0.481 e. The van der Waals surface area contributed by atoms with Gasteiger partial charge in [-0.25, -0.2) is 9.69 Å². The first-order valence-electron chi connectivity index (χ1n) is 10.2. The summed E-state index contributed by atoms with van der Waals surface area (Å²) < 4.78 is 5.35. The number of carbonyl (C=O) groups excluding carboxylic acids is 2. The summed E-state index contributed by atoms with van der Waals surface area (Å²) in [6, 6.07) is 2.13. The molecule has 2 aliphatic heterocycles. The fourth-order valence-corrected chi connectivity index (χ4v) is 5.62. The van der Waals surface area contributed by atoms with Crippen LogP contribution in [0.25, 0.3) is 0 Å². The fraction of sp³-hybridized carbons (Fsp3) is 0.476. The van der Waals surface area contributed by atoms with E-state index in [4.69, 9.17) is 9.84 Å². The van der Waals surface area contributed by atoms with Crippen LogP contribution in [-0.2, 0) is 22.7 Å². The zero-order valence-corrected chi connectivity index (χ0v) is 19.4. The number of aliphatic hydroxyl groups is 3. The van der Waals surface area contributed by atoms with E-state index < -0.39 is 43.5 Å². The highest BCUT2D eigenvalue weighted by atomic mass is 33.1. The molecule has 33 heavy (non-hydrogen) atoms. The van der Waals surface area contributed by atoms with Crippen LogP contribution in [0.15, 0.2) is 24.3 Å². The second-order valence-electron chi connectivity index (χ2n) is 7.59. The van der Waals surface area contributed by atoms with Crippen LogP contribution in [0.3, 0.4) is 0 Å². The second kappa shape index (κ2) is 11.3. The van der Waals surface area contributed by atoms with Crippen LogP contribution in [0.5, 0.6) is 0 Å². The molecule has 1 saturated heterocycles. The molecule has 2 atom stereocenters. The Balaban J connectivity index is 1.82. The quantitative estimate of drug-likeness (QED) is 0.225. The number of aliphatic hydroxyl groups excluding tert-OH is 3. The number of amides is 2. The molecule has 0 bridgehead atoms. The molecular weight excluding hydrogens is 472 g/mol. The zero-order valence-electron chi connectivity index (χ0n) is 17.8. The molecule has 0 saturated carbocycles. The number of rotatable bonds is 9. The van der Waals surface area contributed by atoms with E-state index >= 15 is 0 Å². The van der Waals surface area contributed by atoms with E-state index in [1.807, 2.05) is 0 Å². The number of nitrogens with zero attached hydrogens (tertiary/aromatic N) is 2. The van der Waals surface area contributed by atoms with Gasteiger partial charge in [0.15, 0.2) is 6.23 Å². The van der Waals surface area contributed by atoms with Crippen molar-refractivity contribution in [2.24, 2.45) is 0 Å². The Kier molecular flexibility index (Phi) is 8.65. The minimum absolute atomic E-state index is 0.0126. The second-order valence-corrected chi connectivity index (χ2v) is 10.3. The van der Waals surface area contributed by atoms with Gasteiger partial charge in [-0.15, -0.1) is 0 Å². The maximum absolute atomic E-state index is 13.3. The number of aliphatic carboxylic acids is 1. The summed E-state index contributed by atoms with van der Waals surface area (Å²) in [4.78, 5) is 39.3. The van der Waals surface area contributed by atoms with Gasteiger partial charge in [0.1, 0.15) is 6.61 Å². The highest BCUT2D eigenvalue weighted by Crippen LogP contribution is 2.37. The molecule has 3 rings (SSSR count). The number of ether oxygens (including phenoxy) is 1. The Morgan fingerprint density at radius 3 is 2.48 bits per heavy atom. The maximum Gasteiger partial charge on any atom is 0.416 e. The van der Waals surface area contributed by atoms with Crippen LogP contribution in [0.1, 0.15) is 34.3 Å². The Morgan fingerprint density at radius 2 is 1.82 bits per heavy atom. The molecule has 1 aromatic rings. The monoisotopic (exact) mass is 498 g/mol. The largest absolute Gasteiger partial charge is 0.481 e. The fourth-order valence-electron chi connectivity index (χ4n) is 3.81. The Labute approximate surface area is 198 Å². The van der Waals surface area contributed by atoms with Crippen molar-refractivity contribution in [3.63, 3.8) is 0 Å². The minimum atomic E-state index is -1.40. The number of carbonyl (C=O) groups is 3. The number of benzene rings is 1. The van der Waals surface area contributed by atoms with E-state index in [1.165, 1.54) is 38.6 Å². The van der Waals surface area contributed by atoms with E-state index in [0.717, 1.165) is 10.5 Å². The van der Waals surface area contributed by atoms with Gasteiger partial charge in [-0.05, 0) is 29.7 Å². The van der Waals surface area contributed by atoms with Gasteiger partial charge >= 0.3 is 12.1 Å². The van der Waals surface area contributed by atoms with Gasteiger partial charge in [0.05, 0.1) is 36.9 Å². The standard InChI is InChI=1S/C21H26N2O8S2/c1-12-6-17-20(29)23(21(30)31-3-5-33-32-4-2-18(26)27)16-8-14(11-25)13(10-24)7-15(16)19(28)22(17)9-12/h7-8,17,20,24-25,29H,1-6,9-11H2,(H,26,27)/t17-,20?/m0/s1. The van der Waals surface area contributed by atoms with Crippen molar-refractivity contribution < 1.29 is 39.5 Å². The van der Waals surface area contributed by atoms with Crippen LogP contribution in [0.4, 0.5) is 10.5 Å². The summed E-state index contributed by atoms with van der Waals surface area (Å²) in [6.07, 6.45) is -1.90. The summed E-state index contributed by atoms with van der Waals surface area (Å²) >= 11 is 0. The maximum atomic E-state index is 13.3. The molecule has 180 valence electrons. The van der Waals surface area contributed by atoms with Crippen molar-refractivity contribution in [2.45, 2.75) is 38.3 Å². The van der Waals surface area contributed by atoms with Crippen molar-refractivity contribution >= 4 is 45.2 Å². The van der Waals surface area contributed by atoms with Crippen LogP contribution >= 0.6 is 21.6 Å². The summed E-state index contributed by atoms with van der Waals surface area (Å²) in [6.45, 7) is 3.33. The van der Waals surface area contributed by atoms with E-state index in [2.05, 4.69) is 6.58 Å². The smallest absolute Gasteiger partial charge is 0.416 e. The normalized spacial score (nSPS) is 19.8. The van der Waals surface area contributed by atoms with Gasteiger partial charge in [0.25, 0.3) is 5.91 Å². The lowest BCUT2D eigenvalue weighted by molar-refractivity contribution is -0.136. The van der Waals surface area contributed by atoms with E-state index in [-0.39, 0.29) is 30.8 Å². The molecule has 0 spiro atoms. The molecular formula is C21H26N2O8S2. The van der Waals surface area contributed by atoms with E-state index in [9.17, 15) is 29.7 Å². The van der Waals surface area contributed by atoms with Gasteiger partial charge in [0.2, 0.25) is 0 Å². The number of anilines is 1. The summed E-state index contributed by atoms with van der Waals surface area (Å²) in [5.41, 5.74) is 1.63. The first-order chi connectivity index (χ1) is 15.8. The third kappa shape index (κ3) is 5.64. The van der Waals surface area contributed by atoms with Gasteiger partial charge in [-0.1, -0.05) is 33.7 Å². The van der Waals surface area contributed by atoms with Gasteiger partial charge in [-0.2, -0.15) is 0 Å². The molecule has 0 aromatic heterocycles. The average molecular weight is 499 g/mol. The zero-order chi connectivity index (χ0) is 24.1. The molecule has 1 unspecified atom stereocenters. The Morgan fingerprint density at radius 1 is 1.15 bits per heavy atom. The van der Waals surface area contributed by atoms with Crippen LogP contribution < -0.4 is 4.90 Å². The molecule has 2 amide bonds. The van der Waals surface area contributed by atoms with Crippen LogP contribution in [0, 0.1) is 0 Å². The number of fused-ring (bicyclic) bond motifs is 2. The third-order valence-corrected chi connectivity index (χ3v) is 7.75. The SMILES string of the molecule is C=C1C[C@H]2C(O)N(C(=O)OCCSSCCC(=O)O)c3cc(CO)c(CO)cc3C(=O)N2C1. The number of carboxylic acids is 1. The molecule has 4 N–H and O–H groups in total. The summed E-state index contributed by atoms with van der Waals surface area (Å²) in [7, 11) is 2.71. The predicted octanol–water partition coefficient (Wildman–Crippen LogP) is 1.57. The van der Waals surface area contributed by atoms with Gasteiger partial charge < -0.3 is 30.1 Å². The Bertz CT molecular complexity index is 941. The van der Waals surface area contributed by atoms with Crippen LogP contribution in [0.2, 0.25) is 0 Å². The molecule has 0 radical (unpaired) electrons. The van der Waals surface area contributed by atoms with E-state index in [1.54, 1.807) is 0 Å². The molecule has 10 nitrogen and oxygen atoms in total. The number of hydrogen-bond acceptors (Lipinski definition) is 9. The Hall–Kier alpha value is -2.25. The molecule has 1 fully saturated rings. The lowest BCUT2D eigenvalue weighted by Gasteiger charge is -2.31. The molecule has 1 aromatic carbocycles. The first kappa shape index (κ1) is 25.4. The highest BCUT2D eigenvalue weighted by molar-refractivity contribution is 8.76. The lowest BCUT2D eigenvalue weighted by Crippen LogP contribution is -2.51. The first-order valence-corrected chi connectivity index (χ1v) is 12.7. The number of carboxylic acid groups (broad SMARTS) is 1. The third-order valence-electron chi connectivity index (χ3n) is 5.38. The highest BCUT2D eigenvalue weighted by Gasteiger charge is 2.46. The van der Waals surface area contributed by atoms with Gasteiger partial charge in [0, 0.05) is 18.1 Å². The van der Waals surface area contributed by atoms with Crippen molar-refractivity contribution in [2.75, 3.05) is 29.6 Å². The lowest BCUT2D eigenvalue weighted by atomic mass is 10.0. The number of hydrogen-bond donors (Lipinski definition) is 4. The predicted molar refractivity (Wildman–Crippen MR) is 124 cm³/mol. The topological polar surface area (TPSA) is 148 Å². The summed E-state index contributed by atoms with van der Waals surface area (Å²) in [5, 5.41) is 39.1. The van der Waals surface area contributed by atoms with Gasteiger partial charge in [-0.3, -0.25) is 9.59 Å². The van der Waals surface area contributed by atoms with E-state index in [0.29, 0.717) is 29.1 Å². The molecule has 12 heteroatoms. The van der Waals surface area contributed by atoms with Crippen molar-refractivity contribution in [1.82, 2.24) is 4.90 Å². The average Bonchev–Trinajstić information content (AvgIpc) is 3.16. The van der Waals surface area contributed by atoms with Crippen molar-refractivity contribution in [1.29, 1.82) is 0 Å². The van der Waals surface area contributed by atoms with Crippen LogP contribution in [-0.4, -0.2) is 80.2 Å². The van der Waals surface area contributed by atoms with Crippen molar-refractivity contribution in [3.05, 3.63) is 41.0 Å². The molecule has 2 aliphatic rings. The summed E-state index contributed by atoms with van der Waals surface area (Å²) in [5.74, 6) is -0.461. The van der Waals surface area contributed by atoms with Crippen molar-refractivity contribution in [3.8, 4) is 0 Å².